The van der Waals surface area contributed by atoms with E-state index in [1.807, 2.05) is 18.2 Å². The van der Waals surface area contributed by atoms with Gasteiger partial charge in [0.25, 0.3) is 0 Å². The first-order chi connectivity index (χ1) is 6.63. The molecule has 0 unspecified atom stereocenters. The van der Waals surface area contributed by atoms with Crippen LogP contribution in [-0.2, 0) is 4.79 Å². The number of nitrogens with zero attached hydrogens (tertiary/aromatic N) is 2. The number of hydrogen-bond donors (Lipinski definition) is 2. The summed E-state index contributed by atoms with van der Waals surface area (Å²) in [6.07, 6.45) is 0. The Hall–Kier alpha value is -1.78. The van der Waals surface area contributed by atoms with Gasteiger partial charge >= 0.3 is 0 Å². The first kappa shape index (κ1) is 10.3. The molecule has 76 valence electrons. The normalized spacial score (nSPS) is 9.57. The number of nitrogens with two attached hydrogens (primary N) is 1. The maximum atomic E-state index is 10.7. The molecule has 14 heavy (non-hydrogen) atoms. The van der Waals surface area contributed by atoms with Crippen LogP contribution in [-0.4, -0.2) is 31.5 Å². The van der Waals surface area contributed by atoms with Crippen molar-refractivity contribution in [3.05, 3.63) is 18.2 Å². The standard InChI is InChI=1S/C9H14N4O/c1-11-8-4-3-5-9(12-8)13(2)6-7(10)14/h3-5H,6H2,1-2H3,(H2,10,14)(H,11,12). The minimum atomic E-state index is -0.371. The van der Waals surface area contributed by atoms with E-state index < -0.39 is 0 Å². The molecule has 0 spiro atoms. The van der Waals surface area contributed by atoms with Crippen molar-refractivity contribution in [3.8, 4) is 0 Å². The van der Waals surface area contributed by atoms with Crippen LogP contribution in [0.4, 0.5) is 11.6 Å². The molecule has 0 aliphatic carbocycles. The van der Waals surface area contributed by atoms with Crippen molar-refractivity contribution in [1.29, 1.82) is 0 Å². The number of anilines is 2. The highest BCUT2D eigenvalue weighted by molar-refractivity contribution is 5.79. The molecule has 5 heteroatoms. The van der Waals surface area contributed by atoms with E-state index in [1.165, 1.54) is 0 Å². The highest BCUT2D eigenvalue weighted by Gasteiger charge is 2.05. The molecule has 0 radical (unpaired) electrons. The fourth-order valence-electron chi connectivity index (χ4n) is 1.09. The first-order valence-corrected chi connectivity index (χ1v) is 4.27. The number of aromatic nitrogens is 1. The molecular weight excluding hydrogens is 180 g/mol. The van der Waals surface area contributed by atoms with Crippen molar-refractivity contribution >= 4 is 17.5 Å². The Labute approximate surface area is 82.9 Å². The summed E-state index contributed by atoms with van der Waals surface area (Å²) in [5, 5.41) is 2.92. The first-order valence-electron chi connectivity index (χ1n) is 4.27. The van der Waals surface area contributed by atoms with E-state index in [9.17, 15) is 4.79 Å². The van der Waals surface area contributed by atoms with Crippen LogP contribution in [0.5, 0.6) is 0 Å². The van der Waals surface area contributed by atoms with Crippen molar-refractivity contribution in [2.45, 2.75) is 0 Å². The monoisotopic (exact) mass is 194 g/mol. The van der Waals surface area contributed by atoms with Gasteiger partial charge < -0.3 is 16.0 Å². The van der Waals surface area contributed by atoms with Crippen molar-refractivity contribution < 1.29 is 4.79 Å². The zero-order valence-electron chi connectivity index (χ0n) is 8.32. The van der Waals surface area contributed by atoms with Gasteiger partial charge in [0.2, 0.25) is 5.91 Å². The number of likely N-dealkylation sites (N-methyl/N-ethyl adjacent to an activating group) is 1. The fourth-order valence-corrected chi connectivity index (χ4v) is 1.09. The third kappa shape index (κ3) is 2.62. The Morgan fingerprint density at radius 1 is 1.64 bits per heavy atom. The Bertz CT molecular complexity index is 326. The smallest absolute Gasteiger partial charge is 0.236 e. The van der Waals surface area contributed by atoms with E-state index in [0.29, 0.717) is 0 Å². The summed E-state index contributed by atoms with van der Waals surface area (Å²) in [7, 11) is 3.56. The molecule has 0 saturated heterocycles. The number of hydrogen-bond acceptors (Lipinski definition) is 4. The lowest BCUT2D eigenvalue weighted by Crippen LogP contribution is -2.31. The van der Waals surface area contributed by atoms with E-state index in [1.54, 1.807) is 19.0 Å². The number of amides is 1. The topological polar surface area (TPSA) is 71.2 Å². The van der Waals surface area contributed by atoms with Gasteiger partial charge in [0, 0.05) is 14.1 Å². The van der Waals surface area contributed by atoms with Gasteiger partial charge in [0.15, 0.2) is 0 Å². The Balaban J connectivity index is 2.78. The summed E-state index contributed by atoms with van der Waals surface area (Å²) < 4.78 is 0. The van der Waals surface area contributed by atoms with Gasteiger partial charge in [0.1, 0.15) is 11.6 Å². The van der Waals surface area contributed by atoms with Crippen molar-refractivity contribution in [2.24, 2.45) is 5.73 Å². The number of carbonyl (C=O) groups excluding carboxylic acids is 1. The maximum Gasteiger partial charge on any atom is 0.236 e. The minimum Gasteiger partial charge on any atom is -0.373 e. The van der Waals surface area contributed by atoms with Crippen LogP contribution >= 0.6 is 0 Å². The molecule has 0 aromatic carbocycles. The van der Waals surface area contributed by atoms with Crippen molar-refractivity contribution in [2.75, 3.05) is 30.9 Å². The molecule has 1 heterocycles. The summed E-state index contributed by atoms with van der Waals surface area (Å²) in [6, 6.07) is 5.54. The summed E-state index contributed by atoms with van der Waals surface area (Å²) in [4.78, 5) is 16.6. The van der Waals surface area contributed by atoms with E-state index in [-0.39, 0.29) is 12.5 Å². The average molecular weight is 194 g/mol. The number of rotatable bonds is 4. The van der Waals surface area contributed by atoms with Crippen molar-refractivity contribution in [3.63, 3.8) is 0 Å². The molecule has 0 aliphatic rings. The Morgan fingerprint density at radius 2 is 2.36 bits per heavy atom. The minimum absolute atomic E-state index is 0.167. The van der Waals surface area contributed by atoms with Crippen LogP contribution in [0.15, 0.2) is 18.2 Å². The molecule has 0 atom stereocenters. The molecule has 1 aromatic rings. The third-order valence-electron chi connectivity index (χ3n) is 1.77. The van der Waals surface area contributed by atoms with E-state index in [0.717, 1.165) is 11.6 Å². The van der Waals surface area contributed by atoms with Gasteiger partial charge in [-0.3, -0.25) is 4.79 Å². The van der Waals surface area contributed by atoms with Gasteiger partial charge in [-0.05, 0) is 12.1 Å². The Morgan fingerprint density at radius 3 is 2.93 bits per heavy atom. The summed E-state index contributed by atoms with van der Waals surface area (Å²) >= 11 is 0. The summed E-state index contributed by atoms with van der Waals surface area (Å²) in [6.45, 7) is 0.167. The van der Waals surface area contributed by atoms with Gasteiger partial charge in [-0.15, -0.1) is 0 Å². The predicted molar refractivity (Wildman–Crippen MR) is 56.2 cm³/mol. The lowest BCUT2D eigenvalue weighted by atomic mass is 10.4. The number of nitrogens with one attached hydrogen (secondary N) is 1. The van der Waals surface area contributed by atoms with Crippen LogP contribution in [0.1, 0.15) is 0 Å². The molecule has 0 bridgehead atoms. The SMILES string of the molecule is CNc1cccc(N(C)CC(N)=O)n1. The predicted octanol–water partition coefficient (Wildman–Crippen LogP) is 0.0448. The largest absolute Gasteiger partial charge is 0.373 e. The van der Waals surface area contributed by atoms with E-state index >= 15 is 0 Å². The van der Waals surface area contributed by atoms with Crippen LogP contribution in [0.2, 0.25) is 0 Å². The average Bonchev–Trinajstić information content (AvgIpc) is 2.17. The van der Waals surface area contributed by atoms with Gasteiger partial charge in [-0.2, -0.15) is 0 Å². The lowest BCUT2D eigenvalue weighted by molar-refractivity contribution is -0.116. The van der Waals surface area contributed by atoms with Crippen molar-refractivity contribution in [1.82, 2.24) is 4.98 Å². The maximum absolute atomic E-state index is 10.7. The third-order valence-corrected chi connectivity index (χ3v) is 1.77. The quantitative estimate of drug-likeness (QED) is 0.710. The molecule has 0 saturated carbocycles. The second-order valence-corrected chi connectivity index (χ2v) is 2.95. The number of pyridine rings is 1. The molecule has 0 aliphatic heterocycles. The van der Waals surface area contributed by atoms with Gasteiger partial charge in [0.05, 0.1) is 6.54 Å². The van der Waals surface area contributed by atoms with Crippen LogP contribution in [0, 0.1) is 0 Å². The zero-order chi connectivity index (χ0) is 10.6. The second kappa shape index (κ2) is 4.45. The van der Waals surface area contributed by atoms with Crippen LogP contribution < -0.4 is 16.0 Å². The molecule has 0 fully saturated rings. The lowest BCUT2D eigenvalue weighted by Gasteiger charge is -2.16. The molecule has 1 amide bonds. The highest BCUT2D eigenvalue weighted by atomic mass is 16.1. The number of carbonyl (C=O) groups is 1. The fraction of sp³-hybridized carbons (Fsp3) is 0.333. The van der Waals surface area contributed by atoms with Gasteiger partial charge in [-0.1, -0.05) is 6.07 Å². The van der Waals surface area contributed by atoms with E-state index in [4.69, 9.17) is 5.73 Å². The molecular formula is C9H14N4O. The zero-order valence-corrected chi connectivity index (χ0v) is 8.32. The molecule has 1 rings (SSSR count). The van der Waals surface area contributed by atoms with Crippen LogP contribution in [0.3, 0.4) is 0 Å². The number of primary amides is 1. The second-order valence-electron chi connectivity index (χ2n) is 2.95. The Kier molecular flexibility index (Phi) is 3.28. The highest BCUT2D eigenvalue weighted by Crippen LogP contribution is 2.11. The van der Waals surface area contributed by atoms with Gasteiger partial charge in [-0.25, -0.2) is 4.98 Å². The summed E-state index contributed by atoms with van der Waals surface area (Å²) in [5.74, 6) is 1.11. The molecule has 3 N–H and O–H groups in total. The van der Waals surface area contributed by atoms with Crippen LogP contribution in [0.25, 0.3) is 0 Å². The molecule has 5 nitrogen and oxygen atoms in total. The van der Waals surface area contributed by atoms with E-state index in [2.05, 4.69) is 10.3 Å². The summed E-state index contributed by atoms with van der Waals surface area (Å²) in [5.41, 5.74) is 5.08. The molecule has 1 aromatic heterocycles.